The van der Waals surface area contributed by atoms with E-state index in [2.05, 4.69) is 0 Å². The van der Waals surface area contributed by atoms with Gasteiger partial charge in [-0.15, -0.1) is 0 Å². The first-order valence-electron chi connectivity index (χ1n) is 5.51. The minimum absolute atomic E-state index is 0.00817. The number of β-amino-alcohol motifs (C(OH)–C–C–N with tert-alkyl or cyclic N) is 1. The number of aliphatic hydroxyl groups is 1. The molecule has 0 aliphatic carbocycles. The lowest BCUT2D eigenvalue weighted by Crippen LogP contribution is -2.36. The summed E-state index contributed by atoms with van der Waals surface area (Å²) in [7, 11) is 0. The molecule has 2 unspecified atom stereocenters. The van der Waals surface area contributed by atoms with Gasteiger partial charge in [-0.05, 0) is 6.07 Å². The number of hydrogen-bond acceptors (Lipinski definition) is 5. The van der Waals surface area contributed by atoms with Gasteiger partial charge in [0, 0.05) is 19.0 Å². The molecule has 1 heterocycles. The van der Waals surface area contributed by atoms with Crippen LogP contribution in [0.5, 0.6) is 0 Å². The number of nitro benzene ring substituents is 1. The predicted molar refractivity (Wildman–Crippen MR) is 62.4 cm³/mol. The van der Waals surface area contributed by atoms with E-state index in [1.54, 1.807) is 0 Å². The van der Waals surface area contributed by atoms with Gasteiger partial charge in [0.25, 0.3) is 5.69 Å². The Morgan fingerprint density at radius 3 is 2.74 bits per heavy atom. The number of carbonyl (C=O) groups is 1. The molecule has 2 atom stereocenters. The fourth-order valence-corrected chi connectivity index (χ4v) is 2.16. The molecule has 1 aliphatic heterocycles. The second-order valence-corrected chi connectivity index (χ2v) is 4.29. The van der Waals surface area contributed by atoms with Crippen molar-refractivity contribution in [2.75, 3.05) is 11.4 Å². The molecule has 19 heavy (non-hydrogen) atoms. The quantitative estimate of drug-likeness (QED) is 0.620. The molecule has 0 spiro atoms. The summed E-state index contributed by atoms with van der Waals surface area (Å²) < 4.78 is 13.8. The Morgan fingerprint density at radius 1 is 1.53 bits per heavy atom. The smallest absolute Gasteiger partial charge is 0.326 e. The highest BCUT2D eigenvalue weighted by Gasteiger charge is 2.37. The summed E-state index contributed by atoms with van der Waals surface area (Å²) in [5.41, 5.74) is -0.470. The van der Waals surface area contributed by atoms with E-state index < -0.39 is 34.5 Å². The van der Waals surface area contributed by atoms with E-state index in [0.29, 0.717) is 0 Å². The van der Waals surface area contributed by atoms with E-state index in [9.17, 15) is 24.4 Å². The predicted octanol–water partition coefficient (Wildman–Crippen LogP) is 0.758. The van der Waals surface area contributed by atoms with Crippen molar-refractivity contribution in [2.45, 2.75) is 18.6 Å². The average molecular weight is 270 g/mol. The number of halogens is 1. The highest BCUT2D eigenvalue weighted by molar-refractivity contribution is 5.79. The van der Waals surface area contributed by atoms with E-state index in [0.717, 1.165) is 18.2 Å². The minimum Gasteiger partial charge on any atom is -0.480 e. The zero-order valence-corrected chi connectivity index (χ0v) is 9.69. The molecule has 1 aliphatic rings. The normalized spacial score (nSPS) is 22.5. The molecule has 2 N–H and O–H groups in total. The van der Waals surface area contributed by atoms with Gasteiger partial charge in [-0.25, -0.2) is 9.18 Å². The molecule has 1 aromatic rings. The van der Waals surface area contributed by atoms with Crippen LogP contribution in [0.3, 0.4) is 0 Å². The number of hydrogen-bond donors (Lipinski definition) is 2. The Bertz CT molecular complexity index is 536. The van der Waals surface area contributed by atoms with Crippen LogP contribution in [0.1, 0.15) is 6.42 Å². The number of nitrogens with zero attached hydrogens (tertiary/aromatic N) is 2. The summed E-state index contributed by atoms with van der Waals surface area (Å²) in [5.74, 6) is -2.05. The Kier molecular flexibility index (Phi) is 3.34. The first kappa shape index (κ1) is 13.2. The van der Waals surface area contributed by atoms with Gasteiger partial charge in [-0.3, -0.25) is 10.1 Å². The third-order valence-electron chi connectivity index (χ3n) is 3.02. The topological polar surface area (TPSA) is 104 Å². The van der Waals surface area contributed by atoms with Gasteiger partial charge in [0.1, 0.15) is 6.04 Å². The van der Waals surface area contributed by atoms with Gasteiger partial charge in [-0.2, -0.15) is 0 Å². The number of benzene rings is 1. The second kappa shape index (κ2) is 4.81. The van der Waals surface area contributed by atoms with Gasteiger partial charge in [0.15, 0.2) is 5.82 Å². The van der Waals surface area contributed by atoms with E-state index in [4.69, 9.17) is 5.11 Å². The third-order valence-corrected chi connectivity index (χ3v) is 3.02. The molecule has 8 heteroatoms. The second-order valence-electron chi connectivity index (χ2n) is 4.29. The number of non-ortho nitro benzene ring substituents is 1. The van der Waals surface area contributed by atoms with Gasteiger partial charge in [0.05, 0.1) is 22.8 Å². The van der Waals surface area contributed by atoms with Gasteiger partial charge in [-0.1, -0.05) is 0 Å². The average Bonchev–Trinajstić information content (AvgIpc) is 2.71. The number of nitro groups is 1. The summed E-state index contributed by atoms with van der Waals surface area (Å²) in [6.45, 7) is -0.0221. The molecule has 0 saturated carbocycles. The van der Waals surface area contributed by atoms with Crippen LogP contribution in [0.15, 0.2) is 18.2 Å². The van der Waals surface area contributed by atoms with E-state index in [1.165, 1.54) is 4.90 Å². The molecule has 1 aromatic carbocycles. The van der Waals surface area contributed by atoms with Crippen LogP contribution in [-0.2, 0) is 4.79 Å². The molecular weight excluding hydrogens is 259 g/mol. The number of anilines is 1. The molecule has 0 radical (unpaired) electrons. The zero-order valence-electron chi connectivity index (χ0n) is 9.69. The van der Waals surface area contributed by atoms with Gasteiger partial charge >= 0.3 is 5.97 Å². The largest absolute Gasteiger partial charge is 0.480 e. The SMILES string of the molecule is O=C(O)C1CC(O)CN1c1ccc([N+](=O)[O-])cc1F. The van der Waals surface area contributed by atoms with Crippen molar-refractivity contribution in [1.29, 1.82) is 0 Å². The van der Waals surface area contributed by atoms with Crippen molar-refractivity contribution >= 4 is 17.3 Å². The molecule has 2 rings (SSSR count). The fraction of sp³-hybridized carbons (Fsp3) is 0.364. The Labute approximate surface area is 107 Å². The molecular formula is C11H11FN2O5. The number of carboxylic acids is 1. The highest BCUT2D eigenvalue weighted by atomic mass is 19.1. The Hall–Kier alpha value is -2.22. The number of rotatable bonds is 3. The van der Waals surface area contributed by atoms with Gasteiger partial charge < -0.3 is 15.1 Å². The van der Waals surface area contributed by atoms with E-state index >= 15 is 0 Å². The lowest BCUT2D eigenvalue weighted by atomic mass is 10.2. The van der Waals surface area contributed by atoms with Crippen LogP contribution >= 0.6 is 0 Å². The van der Waals surface area contributed by atoms with Crippen LogP contribution in [0.2, 0.25) is 0 Å². The number of carboxylic acid groups (broad SMARTS) is 1. The van der Waals surface area contributed by atoms with Crippen LogP contribution in [0.25, 0.3) is 0 Å². The summed E-state index contributed by atoms with van der Waals surface area (Å²) >= 11 is 0. The monoisotopic (exact) mass is 270 g/mol. The van der Waals surface area contributed by atoms with E-state index in [-0.39, 0.29) is 18.7 Å². The maximum atomic E-state index is 13.8. The van der Waals surface area contributed by atoms with Crippen molar-refractivity contribution in [3.8, 4) is 0 Å². The van der Waals surface area contributed by atoms with Crippen LogP contribution in [-0.4, -0.2) is 39.8 Å². The Morgan fingerprint density at radius 2 is 2.21 bits per heavy atom. The first-order chi connectivity index (χ1) is 8.90. The molecule has 0 aromatic heterocycles. The molecule has 102 valence electrons. The molecule has 0 bridgehead atoms. The fourth-order valence-electron chi connectivity index (χ4n) is 2.16. The molecule has 0 amide bonds. The summed E-state index contributed by atoms with van der Waals surface area (Å²) in [4.78, 5) is 22.0. The first-order valence-corrected chi connectivity index (χ1v) is 5.51. The molecule has 1 fully saturated rings. The standard InChI is InChI=1S/C11H11FN2O5/c12-8-3-6(14(18)19)1-2-9(8)13-5-7(15)4-10(13)11(16)17/h1-3,7,10,15H,4-5H2,(H,16,17). The van der Waals surface area contributed by atoms with Crippen molar-refractivity contribution in [3.05, 3.63) is 34.1 Å². The minimum atomic E-state index is -1.17. The van der Waals surface area contributed by atoms with Crippen LogP contribution < -0.4 is 4.90 Å². The van der Waals surface area contributed by atoms with Crippen molar-refractivity contribution in [1.82, 2.24) is 0 Å². The van der Waals surface area contributed by atoms with Crippen molar-refractivity contribution in [2.24, 2.45) is 0 Å². The van der Waals surface area contributed by atoms with Crippen molar-refractivity contribution < 1.29 is 24.3 Å². The number of aliphatic carboxylic acids is 1. The maximum absolute atomic E-state index is 13.8. The Balaban J connectivity index is 2.36. The lowest BCUT2D eigenvalue weighted by Gasteiger charge is -2.23. The van der Waals surface area contributed by atoms with Crippen LogP contribution in [0.4, 0.5) is 15.8 Å². The maximum Gasteiger partial charge on any atom is 0.326 e. The van der Waals surface area contributed by atoms with Crippen molar-refractivity contribution in [3.63, 3.8) is 0 Å². The summed E-state index contributed by atoms with van der Waals surface area (Å²) in [6.07, 6.45) is -0.873. The third kappa shape index (κ3) is 2.48. The zero-order chi connectivity index (χ0) is 14.2. The van der Waals surface area contributed by atoms with Crippen LogP contribution in [0, 0.1) is 15.9 Å². The summed E-state index contributed by atoms with van der Waals surface area (Å²) in [5, 5.41) is 29.0. The summed E-state index contributed by atoms with van der Waals surface area (Å²) in [6, 6.07) is 1.95. The number of aliphatic hydroxyl groups excluding tert-OH is 1. The molecule has 7 nitrogen and oxygen atoms in total. The van der Waals surface area contributed by atoms with E-state index in [1.807, 2.05) is 0 Å². The molecule has 1 saturated heterocycles. The lowest BCUT2D eigenvalue weighted by molar-refractivity contribution is -0.385. The highest BCUT2D eigenvalue weighted by Crippen LogP contribution is 2.30. The van der Waals surface area contributed by atoms with Gasteiger partial charge in [0.2, 0.25) is 0 Å².